The fourth-order valence-corrected chi connectivity index (χ4v) is 5.73. The number of unbranched alkanes of at least 4 members (excludes halogenated alkanes) is 1. The van der Waals surface area contributed by atoms with Crippen molar-refractivity contribution in [1.29, 1.82) is 0 Å². The molecular formula is C30H35ClFN3O4S. The summed E-state index contributed by atoms with van der Waals surface area (Å²) in [5.41, 5.74) is 1.92. The first-order valence-electron chi connectivity index (χ1n) is 13.2. The average Bonchev–Trinajstić information content (AvgIpc) is 2.93. The van der Waals surface area contributed by atoms with Gasteiger partial charge in [0.25, 0.3) is 10.0 Å². The minimum absolute atomic E-state index is 0.0774. The van der Waals surface area contributed by atoms with Gasteiger partial charge in [-0.2, -0.15) is 0 Å². The number of sulfonamides is 1. The Labute approximate surface area is 241 Å². The molecule has 0 fully saturated rings. The van der Waals surface area contributed by atoms with E-state index in [1.165, 1.54) is 4.90 Å². The molecule has 0 spiro atoms. The summed E-state index contributed by atoms with van der Waals surface area (Å²) in [6.45, 7) is 5.68. The number of anilines is 1. The lowest BCUT2D eigenvalue weighted by molar-refractivity contribution is -0.140. The Bertz CT molecular complexity index is 1380. The van der Waals surface area contributed by atoms with E-state index in [2.05, 4.69) is 5.32 Å². The molecule has 0 bridgehead atoms. The molecule has 0 saturated heterocycles. The molecule has 0 aliphatic carbocycles. The summed E-state index contributed by atoms with van der Waals surface area (Å²) < 4.78 is 42.1. The number of rotatable bonds is 13. The van der Waals surface area contributed by atoms with Gasteiger partial charge in [-0.15, -0.1) is 0 Å². The fraction of sp³-hybridized carbons (Fsp3) is 0.333. The van der Waals surface area contributed by atoms with Crippen LogP contribution in [0.15, 0.2) is 77.7 Å². The zero-order chi connectivity index (χ0) is 29.3. The second kappa shape index (κ2) is 14.3. The number of hydrogen-bond donors (Lipinski definition) is 1. The number of aryl methyl sites for hydroxylation is 1. The molecule has 3 aromatic rings. The maximum absolute atomic E-state index is 14.0. The molecule has 0 heterocycles. The second-order valence-corrected chi connectivity index (χ2v) is 11.8. The van der Waals surface area contributed by atoms with Crippen molar-refractivity contribution in [1.82, 2.24) is 10.2 Å². The van der Waals surface area contributed by atoms with E-state index in [0.717, 1.165) is 52.5 Å². The Hall–Kier alpha value is -3.43. The van der Waals surface area contributed by atoms with Crippen molar-refractivity contribution in [3.8, 4) is 0 Å². The summed E-state index contributed by atoms with van der Waals surface area (Å²) in [6, 6.07) is 17.2. The standard InChI is InChI=1S/C30H35ClFN3O4S/c1-4-6-19-33-30(37)28(5-2)34(20-23-9-11-24(31)12-10-23)29(36)21-35(26-15-7-22(3)8-16-26)40(38,39)27-17-13-25(32)14-18-27/h7-18,28H,4-6,19-21H2,1-3H3,(H,33,37)/t28-/m0/s1. The van der Waals surface area contributed by atoms with Crippen LogP contribution >= 0.6 is 11.6 Å². The second-order valence-electron chi connectivity index (χ2n) is 9.52. The molecule has 3 aromatic carbocycles. The number of carbonyl (C=O) groups is 2. The van der Waals surface area contributed by atoms with Crippen LogP contribution in [-0.2, 0) is 26.2 Å². The van der Waals surface area contributed by atoms with Crippen LogP contribution in [0.3, 0.4) is 0 Å². The normalized spacial score (nSPS) is 12.0. The van der Waals surface area contributed by atoms with Gasteiger partial charge in [0.2, 0.25) is 11.8 Å². The van der Waals surface area contributed by atoms with Crippen molar-refractivity contribution in [3.05, 3.63) is 94.8 Å². The first kappa shape index (κ1) is 31.1. The Balaban J connectivity index is 2.02. The molecule has 40 heavy (non-hydrogen) atoms. The number of nitrogens with one attached hydrogen (secondary N) is 1. The van der Waals surface area contributed by atoms with E-state index in [4.69, 9.17) is 11.6 Å². The van der Waals surface area contributed by atoms with Crippen LogP contribution < -0.4 is 9.62 Å². The molecule has 2 amide bonds. The number of benzene rings is 3. The van der Waals surface area contributed by atoms with Gasteiger partial charge in [0, 0.05) is 18.1 Å². The predicted molar refractivity (Wildman–Crippen MR) is 156 cm³/mol. The molecule has 3 rings (SSSR count). The Morgan fingerprint density at radius 2 is 1.57 bits per heavy atom. The maximum Gasteiger partial charge on any atom is 0.264 e. The van der Waals surface area contributed by atoms with Crippen molar-refractivity contribution in [2.45, 2.75) is 57.5 Å². The molecular weight excluding hydrogens is 553 g/mol. The maximum atomic E-state index is 14.0. The Kier molecular flexibility index (Phi) is 11.1. The summed E-state index contributed by atoms with van der Waals surface area (Å²) in [4.78, 5) is 28.4. The number of hydrogen-bond acceptors (Lipinski definition) is 4. The van der Waals surface area contributed by atoms with Gasteiger partial charge in [0.15, 0.2) is 0 Å². The van der Waals surface area contributed by atoms with Crippen LogP contribution in [0.25, 0.3) is 0 Å². The molecule has 214 valence electrons. The molecule has 0 radical (unpaired) electrons. The van der Waals surface area contributed by atoms with Crippen LogP contribution in [0, 0.1) is 12.7 Å². The van der Waals surface area contributed by atoms with E-state index < -0.39 is 34.3 Å². The Morgan fingerprint density at radius 3 is 2.15 bits per heavy atom. The van der Waals surface area contributed by atoms with Crippen molar-refractivity contribution in [2.24, 2.45) is 0 Å². The molecule has 10 heteroatoms. The van der Waals surface area contributed by atoms with Gasteiger partial charge in [-0.3, -0.25) is 13.9 Å². The average molecular weight is 588 g/mol. The van der Waals surface area contributed by atoms with E-state index in [0.29, 0.717) is 18.0 Å². The fourth-order valence-electron chi connectivity index (χ4n) is 4.19. The minimum atomic E-state index is -4.26. The summed E-state index contributed by atoms with van der Waals surface area (Å²) >= 11 is 6.05. The number of nitrogens with zero attached hydrogens (tertiary/aromatic N) is 2. The smallest absolute Gasteiger partial charge is 0.264 e. The van der Waals surface area contributed by atoms with Crippen LogP contribution in [0.2, 0.25) is 5.02 Å². The minimum Gasteiger partial charge on any atom is -0.354 e. The van der Waals surface area contributed by atoms with E-state index in [1.54, 1.807) is 55.5 Å². The van der Waals surface area contributed by atoms with Crippen molar-refractivity contribution >= 4 is 39.1 Å². The lowest BCUT2D eigenvalue weighted by Crippen LogP contribution is -2.52. The third kappa shape index (κ3) is 8.05. The highest BCUT2D eigenvalue weighted by atomic mass is 35.5. The van der Waals surface area contributed by atoms with Crippen molar-refractivity contribution in [2.75, 3.05) is 17.4 Å². The van der Waals surface area contributed by atoms with E-state index in [-0.39, 0.29) is 23.0 Å². The molecule has 1 N–H and O–H groups in total. The molecule has 0 aliphatic rings. The van der Waals surface area contributed by atoms with E-state index >= 15 is 0 Å². The molecule has 0 aromatic heterocycles. The van der Waals surface area contributed by atoms with Gasteiger partial charge >= 0.3 is 0 Å². The van der Waals surface area contributed by atoms with Gasteiger partial charge in [-0.1, -0.05) is 61.7 Å². The van der Waals surface area contributed by atoms with Crippen LogP contribution in [0.4, 0.5) is 10.1 Å². The van der Waals surface area contributed by atoms with Crippen LogP contribution in [0.5, 0.6) is 0 Å². The first-order chi connectivity index (χ1) is 19.1. The zero-order valence-corrected chi connectivity index (χ0v) is 24.5. The Morgan fingerprint density at radius 1 is 0.950 bits per heavy atom. The molecule has 0 saturated carbocycles. The summed E-state index contributed by atoms with van der Waals surface area (Å²) in [5.74, 6) is -1.44. The lowest BCUT2D eigenvalue weighted by atomic mass is 10.1. The molecule has 7 nitrogen and oxygen atoms in total. The van der Waals surface area contributed by atoms with Gasteiger partial charge in [-0.05, 0) is 73.9 Å². The third-order valence-electron chi connectivity index (χ3n) is 6.48. The third-order valence-corrected chi connectivity index (χ3v) is 8.52. The molecule has 1 atom stereocenters. The SMILES string of the molecule is CCCCNC(=O)[C@H](CC)N(Cc1ccc(Cl)cc1)C(=O)CN(c1ccc(C)cc1)S(=O)(=O)c1ccc(F)cc1. The predicted octanol–water partition coefficient (Wildman–Crippen LogP) is 5.71. The topological polar surface area (TPSA) is 86.8 Å². The van der Waals surface area contributed by atoms with Gasteiger partial charge in [-0.25, -0.2) is 12.8 Å². The molecule has 0 unspecified atom stereocenters. The quantitative estimate of drug-likeness (QED) is 0.260. The summed E-state index contributed by atoms with van der Waals surface area (Å²) in [6.07, 6.45) is 2.02. The van der Waals surface area contributed by atoms with Gasteiger partial charge in [0.1, 0.15) is 18.4 Å². The monoisotopic (exact) mass is 587 g/mol. The largest absolute Gasteiger partial charge is 0.354 e. The van der Waals surface area contributed by atoms with Crippen molar-refractivity contribution < 1.29 is 22.4 Å². The number of amides is 2. The number of halogens is 2. The summed E-state index contributed by atoms with van der Waals surface area (Å²) in [7, 11) is -4.26. The molecule has 0 aliphatic heterocycles. The van der Waals surface area contributed by atoms with Crippen LogP contribution in [0.1, 0.15) is 44.2 Å². The zero-order valence-electron chi connectivity index (χ0n) is 22.9. The van der Waals surface area contributed by atoms with Gasteiger partial charge < -0.3 is 10.2 Å². The van der Waals surface area contributed by atoms with Gasteiger partial charge in [0.05, 0.1) is 10.6 Å². The van der Waals surface area contributed by atoms with Crippen molar-refractivity contribution in [3.63, 3.8) is 0 Å². The van der Waals surface area contributed by atoms with E-state index in [9.17, 15) is 22.4 Å². The van der Waals surface area contributed by atoms with E-state index in [1.807, 2.05) is 13.8 Å². The first-order valence-corrected chi connectivity index (χ1v) is 15.0. The lowest BCUT2D eigenvalue weighted by Gasteiger charge is -2.33. The highest BCUT2D eigenvalue weighted by Gasteiger charge is 2.33. The highest BCUT2D eigenvalue weighted by Crippen LogP contribution is 2.25. The number of carbonyl (C=O) groups excluding carboxylic acids is 2. The van der Waals surface area contributed by atoms with Crippen LogP contribution in [-0.4, -0.2) is 44.3 Å². The summed E-state index contributed by atoms with van der Waals surface area (Å²) in [5, 5.41) is 3.43. The highest BCUT2D eigenvalue weighted by molar-refractivity contribution is 7.92.